The van der Waals surface area contributed by atoms with Crippen LogP contribution in [0.3, 0.4) is 0 Å². The third-order valence-corrected chi connectivity index (χ3v) is 4.09. The lowest BCUT2D eigenvalue weighted by Crippen LogP contribution is -2.47. The fraction of sp³-hybridized carbons (Fsp3) is 0.571. The Morgan fingerprint density at radius 3 is 2.74 bits per heavy atom. The van der Waals surface area contributed by atoms with Gasteiger partial charge in [-0.15, -0.1) is 0 Å². The molecular weight excluding hydrogens is 242 g/mol. The molecule has 1 heterocycles. The zero-order valence-electron chi connectivity index (χ0n) is 11.5. The maximum atomic E-state index is 10.9. The van der Waals surface area contributed by atoms with Crippen LogP contribution in [0.15, 0.2) is 18.3 Å². The third-order valence-electron chi connectivity index (χ3n) is 4.09. The van der Waals surface area contributed by atoms with Gasteiger partial charge in [0.2, 0.25) is 0 Å². The van der Waals surface area contributed by atoms with Crippen molar-refractivity contribution in [2.75, 3.05) is 26.0 Å². The molecule has 1 aromatic rings. The normalized spacial score (nSPS) is 17.6. The first-order valence-electron chi connectivity index (χ1n) is 6.64. The van der Waals surface area contributed by atoms with Crippen molar-refractivity contribution < 1.29 is 9.90 Å². The summed E-state index contributed by atoms with van der Waals surface area (Å²) in [6.45, 7) is 0.802. The van der Waals surface area contributed by atoms with Crippen molar-refractivity contribution in [3.8, 4) is 0 Å². The van der Waals surface area contributed by atoms with Crippen LogP contribution >= 0.6 is 0 Å². The molecule has 0 amide bonds. The summed E-state index contributed by atoms with van der Waals surface area (Å²) in [6.07, 6.45) is 6.38. The highest BCUT2D eigenvalue weighted by molar-refractivity contribution is 5.88. The Bertz CT molecular complexity index is 454. The fourth-order valence-corrected chi connectivity index (χ4v) is 2.73. The summed E-state index contributed by atoms with van der Waals surface area (Å²) in [5, 5.41) is 12.3. The van der Waals surface area contributed by atoms with Gasteiger partial charge < -0.3 is 15.3 Å². The van der Waals surface area contributed by atoms with Gasteiger partial charge in [-0.25, -0.2) is 9.78 Å². The maximum Gasteiger partial charge on any atom is 0.335 e. The standard InChI is InChI=1S/C14H21N3O2/c1-17(2)14(6-3-4-7-14)10-16-12-9-11(13(18)19)5-8-15-12/h5,8-9H,3-4,6-7,10H2,1-2H3,(H,15,16)(H,18,19). The second-order valence-corrected chi connectivity index (χ2v) is 5.41. The molecular formula is C14H21N3O2. The first kappa shape index (κ1) is 13.8. The van der Waals surface area contributed by atoms with E-state index in [4.69, 9.17) is 5.11 Å². The van der Waals surface area contributed by atoms with E-state index in [1.807, 2.05) is 0 Å². The van der Waals surface area contributed by atoms with E-state index in [0.717, 1.165) is 6.54 Å². The van der Waals surface area contributed by atoms with Gasteiger partial charge in [0.1, 0.15) is 5.82 Å². The zero-order chi connectivity index (χ0) is 13.9. The minimum Gasteiger partial charge on any atom is -0.478 e. The average molecular weight is 263 g/mol. The van der Waals surface area contributed by atoms with E-state index >= 15 is 0 Å². The number of carboxylic acid groups (broad SMARTS) is 1. The maximum absolute atomic E-state index is 10.9. The fourth-order valence-electron chi connectivity index (χ4n) is 2.73. The lowest BCUT2D eigenvalue weighted by atomic mass is 9.96. The number of aromatic nitrogens is 1. The van der Waals surface area contributed by atoms with Crippen molar-refractivity contribution >= 4 is 11.8 Å². The van der Waals surface area contributed by atoms with E-state index in [-0.39, 0.29) is 11.1 Å². The van der Waals surface area contributed by atoms with Crippen LogP contribution in [0.5, 0.6) is 0 Å². The Hall–Kier alpha value is -1.62. The molecule has 0 aliphatic heterocycles. The smallest absolute Gasteiger partial charge is 0.335 e. The topological polar surface area (TPSA) is 65.5 Å². The molecule has 0 spiro atoms. The van der Waals surface area contributed by atoms with Crippen LogP contribution in [0.2, 0.25) is 0 Å². The van der Waals surface area contributed by atoms with Crippen molar-refractivity contribution in [2.24, 2.45) is 0 Å². The molecule has 0 aromatic carbocycles. The molecule has 1 saturated carbocycles. The van der Waals surface area contributed by atoms with Gasteiger partial charge in [0, 0.05) is 18.3 Å². The largest absolute Gasteiger partial charge is 0.478 e. The number of carboxylic acids is 1. The summed E-state index contributed by atoms with van der Waals surface area (Å²) in [4.78, 5) is 17.4. The van der Waals surface area contributed by atoms with Crippen LogP contribution in [0.25, 0.3) is 0 Å². The Kier molecular flexibility index (Phi) is 4.04. The van der Waals surface area contributed by atoms with Gasteiger partial charge in [0.15, 0.2) is 0 Å². The summed E-state index contributed by atoms with van der Waals surface area (Å²) in [6, 6.07) is 3.09. The van der Waals surface area contributed by atoms with Gasteiger partial charge >= 0.3 is 5.97 Å². The van der Waals surface area contributed by atoms with Gasteiger partial charge in [-0.1, -0.05) is 12.8 Å². The number of anilines is 1. The molecule has 5 heteroatoms. The van der Waals surface area contributed by atoms with Crippen molar-refractivity contribution in [1.29, 1.82) is 0 Å². The molecule has 1 fully saturated rings. The van der Waals surface area contributed by atoms with Crippen molar-refractivity contribution in [3.63, 3.8) is 0 Å². The van der Waals surface area contributed by atoms with Crippen LogP contribution in [0.4, 0.5) is 5.82 Å². The number of carbonyl (C=O) groups is 1. The molecule has 0 atom stereocenters. The van der Waals surface area contributed by atoms with Crippen LogP contribution in [0.1, 0.15) is 36.0 Å². The number of hydrogen-bond donors (Lipinski definition) is 2. The molecule has 1 aliphatic carbocycles. The van der Waals surface area contributed by atoms with E-state index in [1.165, 1.54) is 37.9 Å². The van der Waals surface area contributed by atoms with E-state index < -0.39 is 5.97 Å². The van der Waals surface area contributed by atoms with Gasteiger partial charge in [-0.05, 0) is 39.1 Å². The first-order valence-corrected chi connectivity index (χ1v) is 6.64. The summed E-state index contributed by atoms with van der Waals surface area (Å²) >= 11 is 0. The second-order valence-electron chi connectivity index (χ2n) is 5.41. The van der Waals surface area contributed by atoms with Crippen molar-refractivity contribution in [2.45, 2.75) is 31.2 Å². The lowest BCUT2D eigenvalue weighted by Gasteiger charge is -2.36. The molecule has 0 bridgehead atoms. The van der Waals surface area contributed by atoms with E-state index in [1.54, 1.807) is 6.07 Å². The van der Waals surface area contributed by atoms with Gasteiger partial charge in [-0.3, -0.25) is 0 Å². The van der Waals surface area contributed by atoms with Gasteiger partial charge in [0.25, 0.3) is 0 Å². The summed E-state index contributed by atoms with van der Waals surface area (Å²) in [5.41, 5.74) is 0.434. The molecule has 0 saturated heterocycles. The monoisotopic (exact) mass is 263 g/mol. The van der Waals surface area contributed by atoms with Crippen LogP contribution < -0.4 is 5.32 Å². The minimum atomic E-state index is -0.923. The van der Waals surface area contributed by atoms with E-state index in [2.05, 4.69) is 29.3 Å². The Morgan fingerprint density at radius 2 is 2.16 bits per heavy atom. The summed E-state index contributed by atoms with van der Waals surface area (Å²) in [7, 11) is 4.21. The van der Waals surface area contributed by atoms with E-state index in [9.17, 15) is 4.79 Å². The SMILES string of the molecule is CN(C)C1(CNc2cc(C(=O)O)ccn2)CCCC1. The molecule has 0 radical (unpaired) electrons. The van der Waals surface area contributed by atoms with Crippen molar-refractivity contribution in [3.05, 3.63) is 23.9 Å². The molecule has 19 heavy (non-hydrogen) atoms. The number of nitrogens with zero attached hydrogens (tertiary/aromatic N) is 2. The first-order chi connectivity index (χ1) is 9.03. The molecule has 2 N–H and O–H groups in total. The molecule has 2 rings (SSSR count). The Balaban J connectivity index is 2.05. The quantitative estimate of drug-likeness (QED) is 0.851. The summed E-state index contributed by atoms with van der Waals surface area (Å²) < 4.78 is 0. The number of rotatable bonds is 5. The summed E-state index contributed by atoms with van der Waals surface area (Å²) in [5.74, 6) is -0.290. The Labute approximate surface area is 113 Å². The number of likely N-dealkylation sites (N-methyl/N-ethyl adjacent to an activating group) is 1. The molecule has 1 aliphatic rings. The predicted molar refractivity (Wildman–Crippen MR) is 74.6 cm³/mol. The molecule has 104 valence electrons. The highest BCUT2D eigenvalue weighted by Gasteiger charge is 2.35. The second kappa shape index (κ2) is 5.57. The van der Waals surface area contributed by atoms with Crippen molar-refractivity contribution in [1.82, 2.24) is 9.88 Å². The number of pyridine rings is 1. The predicted octanol–water partition coefficient (Wildman–Crippen LogP) is 2.07. The van der Waals surface area contributed by atoms with Crippen LogP contribution in [-0.2, 0) is 0 Å². The minimum absolute atomic E-state index is 0.168. The van der Waals surface area contributed by atoms with Gasteiger partial charge in [-0.2, -0.15) is 0 Å². The molecule has 0 unspecified atom stereocenters. The van der Waals surface area contributed by atoms with Crippen LogP contribution in [0, 0.1) is 0 Å². The van der Waals surface area contributed by atoms with Gasteiger partial charge in [0.05, 0.1) is 5.56 Å². The number of hydrogen-bond acceptors (Lipinski definition) is 4. The Morgan fingerprint density at radius 1 is 1.47 bits per heavy atom. The number of aromatic carboxylic acids is 1. The lowest BCUT2D eigenvalue weighted by molar-refractivity contribution is 0.0697. The van der Waals surface area contributed by atoms with Crippen LogP contribution in [-0.4, -0.2) is 47.1 Å². The highest BCUT2D eigenvalue weighted by Crippen LogP contribution is 2.33. The molecule has 1 aromatic heterocycles. The molecule has 5 nitrogen and oxygen atoms in total. The van der Waals surface area contributed by atoms with E-state index in [0.29, 0.717) is 5.82 Å². The zero-order valence-corrected chi connectivity index (χ0v) is 11.5. The third kappa shape index (κ3) is 3.04. The average Bonchev–Trinajstić information content (AvgIpc) is 2.87. The highest BCUT2D eigenvalue weighted by atomic mass is 16.4. The number of nitrogens with one attached hydrogen (secondary N) is 1.